The van der Waals surface area contributed by atoms with E-state index in [1.807, 2.05) is 0 Å². The molecule has 0 heterocycles. The number of aliphatic carboxylic acids is 1. The van der Waals surface area contributed by atoms with Crippen molar-refractivity contribution < 1.29 is 14.1 Å². The van der Waals surface area contributed by atoms with Gasteiger partial charge in [-0.3, -0.25) is 9.00 Å². The molecule has 0 bridgehead atoms. The number of benzene rings is 1. The van der Waals surface area contributed by atoms with Crippen molar-refractivity contribution in [2.24, 2.45) is 0 Å². The third-order valence-corrected chi connectivity index (χ3v) is 3.40. The van der Waals surface area contributed by atoms with E-state index in [9.17, 15) is 9.00 Å². The monoisotopic (exact) mass is 266 g/mol. The number of carbonyl (C=O) groups is 1. The molecule has 6 heteroatoms. The van der Waals surface area contributed by atoms with Crippen molar-refractivity contribution in [2.45, 2.75) is 5.75 Å². The molecule has 0 aliphatic heterocycles. The zero-order chi connectivity index (χ0) is 11.4. The second-order valence-corrected chi connectivity index (χ2v) is 5.16. The molecule has 0 radical (unpaired) electrons. The van der Waals surface area contributed by atoms with Gasteiger partial charge in [-0.05, 0) is 17.7 Å². The molecule has 3 nitrogen and oxygen atoms in total. The SMILES string of the molecule is O=C(O)CS(=O)Cc1ccc(Cl)cc1Cl. The van der Waals surface area contributed by atoms with E-state index in [1.165, 1.54) is 6.07 Å². The highest BCUT2D eigenvalue weighted by Crippen LogP contribution is 2.22. The topological polar surface area (TPSA) is 54.4 Å². The molecule has 1 aromatic carbocycles. The van der Waals surface area contributed by atoms with Crippen molar-refractivity contribution in [1.82, 2.24) is 0 Å². The lowest BCUT2D eigenvalue weighted by Gasteiger charge is -2.03. The van der Waals surface area contributed by atoms with E-state index in [4.69, 9.17) is 28.3 Å². The second kappa shape index (κ2) is 5.49. The molecule has 1 rings (SSSR count). The van der Waals surface area contributed by atoms with Crippen molar-refractivity contribution in [3.63, 3.8) is 0 Å². The summed E-state index contributed by atoms with van der Waals surface area (Å²) in [6.07, 6.45) is 0. The average Bonchev–Trinajstić information content (AvgIpc) is 2.08. The van der Waals surface area contributed by atoms with Crippen LogP contribution in [-0.4, -0.2) is 21.0 Å². The van der Waals surface area contributed by atoms with Crippen LogP contribution in [0.2, 0.25) is 10.0 Å². The van der Waals surface area contributed by atoms with Crippen LogP contribution in [-0.2, 0) is 21.3 Å². The van der Waals surface area contributed by atoms with Crippen LogP contribution < -0.4 is 0 Å². The molecule has 0 aliphatic rings. The molecule has 1 aromatic rings. The number of rotatable bonds is 4. The molecule has 0 spiro atoms. The molecule has 1 N–H and O–H groups in total. The standard InChI is InChI=1S/C9H8Cl2O3S/c10-7-2-1-6(8(11)3-7)4-15(14)5-9(12)13/h1-3H,4-5H2,(H,12,13). The van der Waals surface area contributed by atoms with E-state index in [2.05, 4.69) is 0 Å². The maximum atomic E-state index is 11.3. The molecular weight excluding hydrogens is 259 g/mol. The molecule has 0 saturated heterocycles. The number of halogens is 2. The fraction of sp³-hybridized carbons (Fsp3) is 0.222. The number of hydrogen-bond donors (Lipinski definition) is 1. The van der Waals surface area contributed by atoms with Crippen molar-refractivity contribution in [3.05, 3.63) is 33.8 Å². The van der Waals surface area contributed by atoms with Crippen LogP contribution >= 0.6 is 23.2 Å². The Morgan fingerprint density at radius 2 is 2.07 bits per heavy atom. The van der Waals surface area contributed by atoms with Gasteiger partial charge in [0.05, 0.1) is 5.75 Å². The van der Waals surface area contributed by atoms with Crippen molar-refractivity contribution in [3.8, 4) is 0 Å². The summed E-state index contributed by atoms with van der Waals surface area (Å²) in [7, 11) is -1.45. The van der Waals surface area contributed by atoms with Gasteiger partial charge in [0, 0.05) is 20.8 Å². The summed E-state index contributed by atoms with van der Waals surface area (Å²) >= 11 is 11.5. The highest BCUT2D eigenvalue weighted by Gasteiger charge is 2.09. The average molecular weight is 267 g/mol. The maximum Gasteiger partial charge on any atom is 0.316 e. The Morgan fingerprint density at radius 1 is 1.40 bits per heavy atom. The first-order valence-corrected chi connectivity index (χ1v) is 6.24. The van der Waals surface area contributed by atoms with Gasteiger partial charge in [0.1, 0.15) is 5.75 Å². The predicted octanol–water partition coefficient (Wildman–Crippen LogP) is 2.33. The second-order valence-electron chi connectivity index (χ2n) is 2.86. The van der Waals surface area contributed by atoms with Crippen LogP contribution in [0.25, 0.3) is 0 Å². The van der Waals surface area contributed by atoms with Crippen molar-refractivity contribution >= 4 is 40.0 Å². The Hall–Kier alpha value is -0.580. The van der Waals surface area contributed by atoms with E-state index < -0.39 is 16.8 Å². The summed E-state index contributed by atoms with van der Waals surface area (Å²) in [5.41, 5.74) is 0.639. The lowest BCUT2D eigenvalue weighted by molar-refractivity contribution is -0.133. The summed E-state index contributed by atoms with van der Waals surface area (Å²) in [6, 6.07) is 4.81. The molecule has 0 fully saturated rings. The molecular formula is C9H8Cl2O3S. The van der Waals surface area contributed by atoms with Crippen LogP contribution in [0, 0.1) is 0 Å². The maximum absolute atomic E-state index is 11.3. The predicted molar refractivity (Wildman–Crippen MR) is 60.8 cm³/mol. The van der Waals surface area contributed by atoms with Crippen molar-refractivity contribution in [2.75, 3.05) is 5.75 Å². The van der Waals surface area contributed by atoms with Gasteiger partial charge in [-0.2, -0.15) is 0 Å². The Labute approximate surface area is 99.5 Å². The largest absolute Gasteiger partial charge is 0.481 e. The minimum Gasteiger partial charge on any atom is -0.481 e. The number of carboxylic acid groups (broad SMARTS) is 1. The first-order valence-electron chi connectivity index (χ1n) is 3.99. The van der Waals surface area contributed by atoms with E-state index in [-0.39, 0.29) is 11.5 Å². The zero-order valence-electron chi connectivity index (χ0n) is 7.57. The van der Waals surface area contributed by atoms with Crippen molar-refractivity contribution in [1.29, 1.82) is 0 Å². The van der Waals surface area contributed by atoms with Gasteiger partial charge in [0.15, 0.2) is 0 Å². The normalized spacial score (nSPS) is 12.4. The molecule has 1 atom stereocenters. The zero-order valence-corrected chi connectivity index (χ0v) is 9.90. The minimum absolute atomic E-state index is 0.127. The van der Waals surface area contributed by atoms with Gasteiger partial charge in [-0.15, -0.1) is 0 Å². The Kier molecular flexibility index (Phi) is 4.57. The third kappa shape index (κ3) is 4.20. The highest BCUT2D eigenvalue weighted by atomic mass is 35.5. The minimum atomic E-state index is -1.45. The summed E-state index contributed by atoms with van der Waals surface area (Å²) in [5, 5.41) is 9.33. The number of hydrogen-bond acceptors (Lipinski definition) is 2. The smallest absolute Gasteiger partial charge is 0.316 e. The molecule has 0 aromatic heterocycles. The lowest BCUT2D eigenvalue weighted by Crippen LogP contribution is -2.10. The van der Waals surface area contributed by atoms with Gasteiger partial charge in [-0.1, -0.05) is 29.3 Å². The summed E-state index contributed by atoms with van der Waals surface area (Å²) in [5.74, 6) is -1.33. The fourth-order valence-corrected chi connectivity index (χ4v) is 2.53. The molecule has 0 saturated carbocycles. The molecule has 0 amide bonds. The Bertz CT molecular complexity index is 406. The molecule has 0 aliphatic carbocycles. The van der Waals surface area contributed by atoms with Crippen LogP contribution in [0.15, 0.2) is 18.2 Å². The van der Waals surface area contributed by atoms with E-state index >= 15 is 0 Å². The highest BCUT2D eigenvalue weighted by molar-refractivity contribution is 7.84. The molecule has 1 unspecified atom stereocenters. The number of carboxylic acids is 1. The quantitative estimate of drug-likeness (QED) is 0.910. The van der Waals surface area contributed by atoms with Gasteiger partial charge in [0.25, 0.3) is 0 Å². The van der Waals surface area contributed by atoms with Crippen LogP contribution in [0.3, 0.4) is 0 Å². The van der Waals surface area contributed by atoms with Crippen LogP contribution in [0.5, 0.6) is 0 Å². The summed E-state index contributed by atoms with van der Waals surface area (Å²) < 4.78 is 11.3. The van der Waals surface area contributed by atoms with Gasteiger partial charge < -0.3 is 5.11 Å². The van der Waals surface area contributed by atoms with E-state index in [0.29, 0.717) is 15.6 Å². The Balaban J connectivity index is 2.72. The van der Waals surface area contributed by atoms with Gasteiger partial charge in [0.2, 0.25) is 0 Å². The third-order valence-electron chi connectivity index (χ3n) is 1.62. The van der Waals surface area contributed by atoms with Crippen LogP contribution in [0.4, 0.5) is 0 Å². The summed E-state index contributed by atoms with van der Waals surface area (Å²) in [6.45, 7) is 0. The van der Waals surface area contributed by atoms with Crippen LogP contribution in [0.1, 0.15) is 5.56 Å². The lowest BCUT2D eigenvalue weighted by atomic mass is 10.2. The Morgan fingerprint density at radius 3 is 2.60 bits per heavy atom. The first kappa shape index (κ1) is 12.5. The van der Waals surface area contributed by atoms with Gasteiger partial charge in [-0.25, -0.2) is 0 Å². The fourth-order valence-electron chi connectivity index (χ4n) is 1.00. The first-order chi connectivity index (χ1) is 6.99. The molecule has 15 heavy (non-hydrogen) atoms. The molecule has 82 valence electrons. The van der Waals surface area contributed by atoms with E-state index in [1.54, 1.807) is 12.1 Å². The van der Waals surface area contributed by atoms with E-state index in [0.717, 1.165) is 0 Å². The summed E-state index contributed by atoms with van der Waals surface area (Å²) in [4.78, 5) is 10.3. The van der Waals surface area contributed by atoms with Gasteiger partial charge >= 0.3 is 5.97 Å².